The molecule has 2 N–H and O–H groups in total. The molecule has 1 atom stereocenters. The molecule has 2 aliphatic rings. The molecule has 1 amide bonds. The molecule has 2 aliphatic heterocycles. The molecule has 2 rings (SSSR count). The number of ketones is 1. The van der Waals surface area contributed by atoms with Crippen LogP contribution in [0.5, 0.6) is 0 Å². The monoisotopic (exact) mass is 317 g/mol. The maximum absolute atomic E-state index is 12.0. The maximum Gasteiger partial charge on any atom is 0.327 e. The van der Waals surface area contributed by atoms with Crippen LogP contribution in [-0.4, -0.2) is 46.6 Å². The van der Waals surface area contributed by atoms with E-state index in [1.165, 1.54) is 6.92 Å². The Morgan fingerprint density at radius 1 is 1.40 bits per heavy atom. The standard InChI is InChI=1S/C12H15NO5S2/c1-6(14)8(11-19-12(20-11)10(16)17)9(15)13-5-7-3-2-4-18-7/h7,12H,2-5H2,1H3,(H,13,15)(H,16,17)/t7-,12?/m0/s1. The van der Waals surface area contributed by atoms with Crippen molar-refractivity contribution in [2.45, 2.75) is 30.5 Å². The summed E-state index contributed by atoms with van der Waals surface area (Å²) >= 11 is 2.07. The van der Waals surface area contributed by atoms with E-state index in [1.54, 1.807) is 0 Å². The molecule has 8 heteroatoms. The summed E-state index contributed by atoms with van der Waals surface area (Å²) in [5, 5.41) is 11.5. The lowest BCUT2D eigenvalue weighted by molar-refractivity contribution is -0.134. The van der Waals surface area contributed by atoms with Gasteiger partial charge < -0.3 is 15.2 Å². The molecule has 0 aromatic heterocycles. The Bertz CT molecular complexity index is 462. The minimum atomic E-state index is -0.952. The van der Waals surface area contributed by atoms with Gasteiger partial charge in [0.1, 0.15) is 5.57 Å². The summed E-state index contributed by atoms with van der Waals surface area (Å²) < 4.78 is 5.24. The number of carboxylic acids is 1. The Morgan fingerprint density at radius 2 is 2.10 bits per heavy atom. The third kappa shape index (κ3) is 3.56. The van der Waals surface area contributed by atoms with Crippen LogP contribution < -0.4 is 5.32 Å². The highest BCUT2D eigenvalue weighted by atomic mass is 32.3. The van der Waals surface area contributed by atoms with Crippen molar-refractivity contribution in [2.75, 3.05) is 13.2 Å². The summed E-state index contributed by atoms with van der Waals surface area (Å²) in [6, 6.07) is 0. The largest absolute Gasteiger partial charge is 0.480 e. The summed E-state index contributed by atoms with van der Waals surface area (Å²) in [4.78, 5) is 34.3. The molecular formula is C12H15NO5S2. The Labute approximate surface area is 124 Å². The molecule has 2 fully saturated rings. The van der Waals surface area contributed by atoms with Crippen LogP contribution >= 0.6 is 23.5 Å². The van der Waals surface area contributed by atoms with Gasteiger partial charge in [0.2, 0.25) is 0 Å². The predicted molar refractivity (Wildman–Crippen MR) is 76.3 cm³/mol. The summed E-state index contributed by atoms with van der Waals surface area (Å²) in [7, 11) is 0. The van der Waals surface area contributed by atoms with Crippen molar-refractivity contribution in [2.24, 2.45) is 0 Å². The quantitative estimate of drug-likeness (QED) is 0.443. The molecular weight excluding hydrogens is 302 g/mol. The third-order valence-corrected chi connectivity index (χ3v) is 5.75. The van der Waals surface area contributed by atoms with Crippen LogP contribution in [0.1, 0.15) is 19.8 Å². The first-order valence-corrected chi connectivity index (χ1v) is 7.96. The van der Waals surface area contributed by atoms with Gasteiger partial charge in [0.15, 0.2) is 10.4 Å². The van der Waals surface area contributed by atoms with Gasteiger partial charge in [-0.05, 0) is 19.8 Å². The second kappa shape index (κ2) is 6.64. The van der Waals surface area contributed by atoms with Crippen molar-refractivity contribution in [1.29, 1.82) is 0 Å². The molecule has 0 aromatic carbocycles. The molecule has 0 saturated carbocycles. The zero-order valence-electron chi connectivity index (χ0n) is 10.9. The zero-order chi connectivity index (χ0) is 14.7. The summed E-state index contributed by atoms with van der Waals surface area (Å²) in [6.45, 7) is 2.39. The third-order valence-electron chi connectivity index (χ3n) is 2.93. The van der Waals surface area contributed by atoms with Gasteiger partial charge in [-0.15, -0.1) is 0 Å². The Hall–Kier alpha value is -0.990. The molecule has 0 aromatic rings. The minimum absolute atomic E-state index is 0.00521. The molecule has 0 unspecified atom stereocenters. The van der Waals surface area contributed by atoms with Gasteiger partial charge in [-0.2, -0.15) is 0 Å². The normalized spacial score (nSPS) is 24.9. The van der Waals surface area contributed by atoms with E-state index in [1.807, 2.05) is 0 Å². The van der Waals surface area contributed by atoms with Gasteiger partial charge in [-0.1, -0.05) is 23.5 Å². The Balaban J connectivity index is 1.95. The van der Waals surface area contributed by atoms with E-state index in [9.17, 15) is 14.4 Å². The van der Waals surface area contributed by atoms with E-state index in [0.29, 0.717) is 17.4 Å². The van der Waals surface area contributed by atoms with Crippen LogP contribution in [0.4, 0.5) is 0 Å². The second-order valence-electron chi connectivity index (χ2n) is 4.47. The molecule has 2 saturated heterocycles. The van der Waals surface area contributed by atoms with Gasteiger partial charge in [0.05, 0.1) is 10.3 Å². The average Bonchev–Trinajstić information content (AvgIpc) is 2.81. The molecule has 110 valence electrons. The number of hydrogen-bond donors (Lipinski definition) is 2. The fourth-order valence-corrected chi connectivity index (χ4v) is 4.10. The molecule has 0 spiro atoms. The number of hydrogen-bond acceptors (Lipinski definition) is 6. The number of ether oxygens (including phenoxy) is 1. The predicted octanol–water partition coefficient (Wildman–Crippen LogP) is 0.973. The van der Waals surface area contributed by atoms with Crippen molar-refractivity contribution >= 4 is 41.2 Å². The van der Waals surface area contributed by atoms with Crippen LogP contribution in [0.25, 0.3) is 0 Å². The number of Topliss-reactive ketones (excluding diaryl/α,β-unsaturated/α-hetero) is 1. The van der Waals surface area contributed by atoms with Crippen LogP contribution in [-0.2, 0) is 19.1 Å². The van der Waals surface area contributed by atoms with E-state index in [2.05, 4.69) is 5.32 Å². The fourth-order valence-electron chi connectivity index (χ4n) is 1.92. The van der Waals surface area contributed by atoms with E-state index in [0.717, 1.165) is 36.4 Å². The lowest BCUT2D eigenvalue weighted by Gasteiger charge is -2.25. The first-order valence-electron chi connectivity index (χ1n) is 6.20. The molecule has 0 bridgehead atoms. The highest BCUT2D eigenvalue weighted by molar-refractivity contribution is 8.39. The average molecular weight is 317 g/mol. The molecule has 6 nitrogen and oxygen atoms in total. The fraction of sp³-hybridized carbons (Fsp3) is 0.583. The first kappa shape index (κ1) is 15.4. The number of carbonyl (C=O) groups excluding carboxylic acids is 2. The Kier molecular flexibility index (Phi) is 5.11. The van der Waals surface area contributed by atoms with Crippen molar-refractivity contribution in [3.63, 3.8) is 0 Å². The summed E-state index contributed by atoms with van der Waals surface area (Å²) in [5.41, 5.74) is 0.0514. The van der Waals surface area contributed by atoms with Crippen molar-refractivity contribution in [1.82, 2.24) is 5.32 Å². The molecule has 0 radical (unpaired) electrons. The van der Waals surface area contributed by atoms with Crippen LogP contribution in [0.15, 0.2) is 9.81 Å². The summed E-state index contributed by atoms with van der Waals surface area (Å²) in [6.07, 6.45) is 1.88. The number of carboxylic acid groups (broad SMARTS) is 1. The number of carbonyl (C=O) groups is 3. The number of aliphatic carboxylic acids is 1. The van der Waals surface area contributed by atoms with E-state index in [4.69, 9.17) is 9.84 Å². The van der Waals surface area contributed by atoms with Crippen LogP contribution in [0.3, 0.4) is 0 Å². The molecule has 20 heavy (non-hydrogen) atoms. The first-order chi connectivity index (χ1) is 9.49. The van der Waals surface area contributed by atoms with Gasteiger partial charge in [-0.25, -0.2) is 0 Å². The number of rotatable bonds is 5. The van der Waals surface area contributed by atoms with Gasteiger partial charge in [0, 0.05) is 13.2 Å². The van der Waals surface area contributed by atoms with Crippen molar-refractivity contribution < 1.29 is 24.2 Å². The molecule has 0 aliphatic carbocycles. The zero-order valence-corrected chi connectivity index (χ0v) is 12.5. The SMILES string of the molecule is CC(=O)C(C(=O)NC[C@@H]1CCCO1)=C1SC(C(=O)O)S1. The number of amides is 1. The highest BCUT2D eigenvalue weighted by Crippen LogP contribution is 2.52. The topological polar surface area (TPSA) is 92.7 Å². The van der Waals surface area contributed by atoms with E-state index in [-0.39, 0.29) is 17.5 Å². The van der Waals surface area contributed by atoms with Crippen molar-refractivity contribution in [3.8, 4) is 0 Å². The van der Waals surface area contributed by atoms with E-state index < -0.39 is 16.5 Å². The lowest BCUT2D eigenvalue weighted by Crippen LogP contribution is -2.35. The maximum atomic E-state index is 12.0. The highest BCUT2D eigenvalue weighted by Gasteiger charge is 2.37. The van der Waals surface area contributed by atoms with E-state index >= 15 is 0 Å². The second-order valence-corrected chi connectivity index (χ2v) is 7.26. The molecule has 2 heterocycles. The van der Waals surface area contributed by atoms with Gasteiger partial charge in [0.25, 0.3) is 5.91 Å². The number of thioether (sulfide) groups is 2. The van der Waals surface area contributed by atoms with Crippen LogP contribution in [0, 0.1) is 0 Å². The minimum Gasteiger partial charge on any atom is -0.480 e. The van der Waals surface area contributed by atoms with Crippen LogP contribution in [0.2, 0.25) is 0 Å². The van der Waals surface area contributed by atoms with Gasteiger partial charge in [-0.3, -0.25) is 14.4 Å². The smallest absolute Gasteiger partial charge is 0.327 e. The summed E-state index contributed by atoms with van der Waals surface area (Å²) in [5.74, 6) is -1.76. The lowest BCUT2D eigenvalue weighted by atomic mass is 10.2. The van der Waals surface area contributed by atoms with Crippen molar-refractivity contribution in [3.05, 3.63) is 9.81 Å². The van der Waals surface area contributed by atoms with Gasteiger partial charge >= 0.3 is 5.97 Å². The number of nitrogens with one attached hydrogen (secondary N) is 1. The Morgan fingerprint density at radius 3 is 2.60 bits per heavy atom.